The standard InChI is InChI=1S/C33H34O7/c1-38-31-19-27(36)15-8-23(31)9-16-28(21-4-11-25(34)12-5-21)29-18-24(32(39-2)20-33(29)40-3)10-17-30(37)22-6-13-26(35)14-7-22/h4-8,11-15,18-20,28,34-36H,9-10,16-17H2,1-3H3/t28-/m0/s1. The average Bonchev–Trinajstić information content (AvgIpc) is 2.97. The van der Waals surface area contributed by atoms with Crippen LogP contribution in [-0.2, 0) is 12.8 Å². The third-order valence-electron chi connectivity index (χ3n) is 7.09. The van der Waals surface area contributed by atoms with Gasteiger partial charge in [-0.1, -0.05) is 18.2 Å². The summed E-state index contributed by atoms with van der Waals surface area (Å²) in [6.45, 7) is 0. The normalized spacial score (nSPS) is 11.6. The van der Waals surface area contributed by atoms with Crippen molar-refractivity contribution in [3.8, 4) is 34.5 Å². The smallest absolute Gasteiger partial charge is 0.163 e. The van der Waals surface area contributed by atoms with E-state index in [2.05, 4.69) is 0 Å². The molecule has 3 N–H and O–H groups in total. The molecule has 1 atom stereocenters. The lowest BCUT2D eigenvalue weighted by atomic mass is 9.84. The Morgan fingerprint density at radius 2 is 1.23 bits per heavy atom. The van der Waals surface area contributed by atoms with Crippen LogP contribution in [0.25, 0.3) is 0 Å². The number of phenols is 3. The Morgan fingerprint density at radius 1 is 0.650 bits per heavy atom. The van der Waals surface area contributed by atoms with Gasteiger partial charge in [0, 0.05) is 35.6 Å². The zero-order chi connectivity index (χ0) is 28.6. The zero-order valence-electron chi connectivity index (χ0n) is 22.9. The molecule has 0 aliphatic rings. The molecule has 7 nitrogen and oxygen atoms in total. The molecule has 0 fully saturated rings. The molecule has 7 heteroatoms. The number of aryl methyl sites for hydroxylation is 2. The van der Waals surface area contributed by atoms with Crippen molar-refractivity contribution in [2.75, 3.05) is 21.3 Å². The molecule has 4 aromatic carbocycles. The van der Waals surface area contributed by atoms with Crippen molar-refractivity contribution in [3.05, 3.63) is 107 Å². The summed E-state index contributed by atoms with van der Waals surface area (Å²) in [7, 11) is 4.78. The second kappa shape index (κ2) is 12.9. The minimum absolute atomic E-state index is 0.0334. The van der Waals surface area contributed by atoms with Crippen molar-refractivity contribution >= 4 is 5.78 Å². The molecule has 0 radical (unpaired) electrons. The van der Waals surface area contributed by atoms with E-state index in [4.69, 9.17) is 14.2 Å². The summed E-state index contributed by atoms with van der Waals surface area (Å²) in [6, 6.07) is 22.3. The summed E-state index contributed by atoms with van der Waals surface area (Å²) in [5.74, 6) is 2.17. The van der Waals surface area contributed by atoms with Crippen LogP contribution >= 0.6 is 0 Å². The maximum Gasteiger partial charge on any atom is 0.163 e. The number of aromatic hydroxyl groups is 3. The Morgan fingerprint density at radius 3 is 1.85 bits per heavy atom. The van der Waals surface area contributed by atoms with Gasteiger partial charge in [0.2, 0.25) is 0 Å². The number of hydrogen-bond donors (Lipinski definition) is 3. The lowest BCUT2D eigenvalue weighted by Gasteiger charge is -2.23. The average molecular weight is 543 g/mol. The third-order valence-corrected chi connectivity index (χ3v) is 7.09. The Hall–Kier alpha value is -4.65. The predicted molar refractivity (Wildman–Crippen MR) is 153 cm³/mol. The van der Waals surface area contributed by atoms with Crippen molar-refractivity contribution in [2.45, 2.75) is 31.6 Å². The first-order valence-corrected chi connectivity index (χ1v) is 13.0. The van der Waals surface area contributed by atoms with Gasteiger partial charge in [-0.15, -0.1) is 0 Å². The Kier molecular flexibility index (Phi) is 9.17. The summed E-state index contributed by atoms with van der Waals surface area (Å²) in [4.78, 5) is 12.9. The van der Waals surface area contributed by atoms with Crippen LogP contribution < -0.4 is 14.2 Å². The molecular weight excluding hydrogens is 508 g/mol. The summed E-state index contributed by atoms with van der Waals surface area (Å²) in [5, 5.41) is 29.4. The molecule has 0 spiro atoms. The van der Waals surface area contributed by atoms with Crippen LogP contribution in [-0.4, -0.2) is 42.4 Å². The molecule has 0 saturated heterocycles. The lowest BCUT2D eigenvalue weighted by Crippen LogP contribution is -2.08. The maximum absolute atomic E-state index is 12.9. The molecule has 4 aromatic rings. The van der Waals surface area contributed by atoms with Gasteiger partial charge in [-0.2, -0.15) is 0 Å². The lowest BCUT2D eigenvalue weighted by molar-refractivity contribution is 0.0982. The number of ketones is 1. The first kappa shape index (κ1) is 28.4. The van der Waals surface area contributed by atoms with E-state index in [1.165, 1.54) is 12.1 Å². The number of methoxy groups -OCH3 is 3. The van der Waals surface area contributed by atoms with E-state index >= 15 is 0 Å². The van der Waals surface area contributed by atoms with E-state index in [1.54, 1.807) is 57.7 Å². The highest BCUT2D eigenvalue weighted by atomic mass is 16.5. The molecule has 0 aliphatic carbocycles. The minimum atomic E-state index is -0.119. The second-order valence-electron chi connectivity index (χ2n) is 9.55. The number of Topliss-reactive ketones (excluding diaryl/α,β-unsaturated/α-hetero) is 1. The van der Waals surface area contributed by atoms with Crippen molar-refractivity contribution < 1.29 is 34.3 Å². The number of benzene rings is 4. The summed E-state index contributed by atoms with van der Waals surface area (Å²) in [6.07, 6.45) is 2.05. The largest absolute Gasteiger partial charge is 0.508 e. The number of phenolic OH excluding ortho intramolecular Hbond substituents is 3. The molecule has 4 rings (SSSR count). The Bertz CT molecular complexity index is 1440. The monoisotopic (exact) mass is 542 g/mol. The maximum atomic E-state index is 12.9. The molecule has 40 heavy (non-hydrogen) atoms. The first-order chi connectivity index (χ1) is 19.3. The van der Waals surface area contributed by atoms with Crippen LogP contribution in [0.3, 0.4) is 0 Å². The van der Waals surface area contributed by atoms with Gasteiger partial charge >= 0.3 is 0 Å². The van der Waals surface area contributed by atoms with E-state index in [0.717, 1.165) is 22.3 Å². The number of carbonyl (C=O) groups is 1. The van der Waals surface area contributed by atoms with Gasteiger partial charge in [0.1, 0.15) is 34.5 Å². The predicted octanol–water partition coefficient (Wildman–Crippen LogP) is 6.41. The van der Waals surface area contributed by atoms with Gasteiger partial charge in [-0.05, 0) is 84.5 Å². The van der Waals surface area contributed by atoms with Crippen LogP contribution in [0.2, 0.25) is 0 Å². The third kappa shape index (κ3) is 6.67. The summed E-state index contributed by atoms with van der Waals surface area (Å²) >= 11 is 0. The van der Waals surface area contributed by atoms with Gasteiger partial charge < -0.3 is 29.5 Å². The van der Waals surface area contributed by atoms with Gasteiger partial charge in [-0.3, -0.25) is 4.79 Å². The second-order valence-corrected chi connectivity index (χ2v) is 9.55. The van der Waals surface area contributed by atoms with E-state index < -0.39 is 0 Å². The fourth-order valence-electron chi connectivity index (χ4n) is 4.95. The van der Waals surface area contributed by atoms with Crippen molar-refractivity contribution in [2.24, 2.45) is 0 Å². The van der Waals surface area contributed by atoms with Crippen LogP contribution in [0.1, 0.15) is 51.4 Å². The van der Waals surface area contributed by atoms with E-state index in [1.807, 2.05) is 30.3 Å². The molecule has 208 valence electrons. The SMILES string of the molecule is COc1cc(OC)c([C@@H](CCc2ccc(O)cc2OC)c2ccc(O)cc2)cc1CCC(=O)c1ccc(O)cc1. The van der Waals surface area contributed by atoms with Crippen LogP contribution in [0, 0.1) is 0 Å². The van der Waals surface area contributed by atoms with Gasteiger partial charge in [-0.25, -0.2) is 0 Å². The van der Waals surface area contributed by atoms with Crippen LogP contribution in [0.15, 0.2) is 78.9 Å². The molecule has 0 bridgehead atoms. The molecule has 0 saturated carbocycles. The zero-order valence-corrected chi connectivity index (χ0v) is 22.9. The fraction of sp³-hybridized carbons (Fsp3) is 0.242. The van der Waals surface area contributed by atoms with Gasteiger partial charge in [0.25, 0.3) is 0 Å². The molecular formula is C33H34O7. The number of ether oxygens (including phenoxy) is 3. The van der Waals surface area contributed by atoms with Crippen molar-refractivity contribution in [1.29, 1.82) is 0 Å². The quantitative estimate of drug-likeness (QED) is 0.178. The number of carbonyl (C=O) groups excluding carboxylic acids is 1. The fourth-order valence-corrected chi connectivity index (χ4v) is 4.95. The van der Waals surface area contributed by atoms with E-state index in [9.17, 15) is 20.1 Å². The summed E-state index contributed by atoms with van der Waals surface area (Å²) < 4.78 is 17.0. The van der Waals surface area contributed by atoms with Gasteiger partial charge in [0.05, 0.1) is 21.3 Å². The molecule has 0 unspecified atom stereocenters. The highest BCUT2D eigenvalue weighted by molar-refractivity contribution is 5.96. The highest BCUT2D eigenvalue weighted by Gasteiger charge is 2.23. The number of hydrogen-bond acceptors (Lipinski definition) is 7. The van der Waals surface area contributed by atoms with Gasteiger partial charge in [0.15, 0.2) is 5.78 Å². The van der Waals surface area contributed by atoms with E-state index in [-0.39, 0.29) is 35.4 Å². The first-order valence-electron chi connectivity index (χ1n) is 13.0. The molecule has 0 amide bonds. The van der Waals surface area contributed by atoms with Crippen LogP contribution in [0.5, 0.6) is 34.5 Å². The van der Waals surface area contributed by atoms with Crippen molar-refractivity contribution in [1.82, 2.24) is 0 Å². The Labute approximate surface area is 234 Å². The van der Waals surface area contributed by atoms with Crippen LogP contribution in [0.4, 0.5) is 0 Å². The molecule has 0 aromatic heterocycles. The molecule has 0 heterocycles. The Balaban J connectivity index is 1.69. The van der Waals surface area contributed by atoms with E-state index in [0.29, 0.717) is 42.1 Å². The molecule has 0 aliphatic heterocycles. The topological polar surface area (TPSA) is 105 Å². The minimum Gasteiger partial charge on any atom is -0.508 e. The highest BCUT2D eigenvalue weighted by Crippen LogP contribution is 2.41. The summed E-state index contributed by atoms with van der Waals surface area (Å²) in [5.41, 5.74) is 4.28. The van der Waals surface area contributed by atoms with Crippen molar-refractivity contribution in [3.63, 3.8) is 0 Å². The number of rotatable bonds is 12.